The van der Waals surface area contributed by atoms with Gasteiger partial charge in [-0.2, -0.15) is 0 Å². The zero-order chi connectivity index (χ0) is 13.7. The van der Waals surface area contributed by atoms with E-state index in [-0.39, 0.29) is 0 Å². The standard InChI is InChI=1S/C18H24Si/c1-4-19(5-2,6-3)18-15-11-10-14-17(18)16-12-8-7-9-13-16/h7-15H,4-6H2,1-3H3. The Morgan fingerprint density at radius 1 is 0.684 bits per heavy atom. The van der Waals surface area contributed by atoms with Crippen molar-refractivity contribution in [2.24, 2.45) is 0 Å². The van der Waals surface area contributed by atoms with Gasteiger partial charge in [0, 0.05) is 0 Å². The van der Waals surface area contributed by atoms with Crippen LogP contribution in [0.3, 0.4) is 0 Å². The van der Waals surface area contributed by atoms with Crippen molar-refractivity contribution < 1.29 is 0 Å². The van der Waals surface area contributed by atoms with Gasteiger partial charge in [-0.25, -0.2) is 0 Å². The van der Waals surface area contributed by atoms with Crippen LogP contribution in [0.2, 0.25) is 18.1 Å². The van der Waals surface area contributed by atoms with E-state index in [4.69, 9.17) is 0 Å². The molecule has 2 aromatic rings. The molecule has 0 atom stereocenters. The van der Waals surface area contributed by atoms with E-state index in [2.05, 4.69) is 75.4 Å². The summed E-state index contributed by atoms with van der Waals surface area (Å²) < 4.78 is 0. The van der Waals surface area contributed by atoms with Crippen LogP contribution in [-0.2, 0) is 0 Å². The highest BCUT2D eigenvalue weighted by molar-refractivity contribution is 6.92. The molecule has 0 spiro atoms. The van der Waals surface area contributed by atoms with E-state index in [0.717, 1.165) is 0 Å². The van der Waals surface area contributed by atoms with Crippen molar-refractivity contribution in [3.05, 3.63) is 54.6 Å². The van der Waals surface area contributed by atoms with Gasteiger partial charge in [0.25, 0.3) is 0 Å². The molecule has 0 bridgehead atoms. The van der Waals surface area contributed by atoms with Crippen LogP contribution in [0.1, 0.15) is 20.8 Å². The third kappa shape index (κ3) is 2.66. The number of hydrogen-bond acceptors (Lipinski definition) is 0. The third-order valence-corrected chi connectivity index (χ3v) is 10.3. The Kier molecular flexibility index (Phi) is 4.59. The fraction of sp³-hybridized carbons (Fsp3) is 0.333. The van der Waals surface area contributed by atoms with Gasteiger partial charge in [0.2, 0.25) is 0 Å². The summed E-state index contributed by atoms with van der Waals surface area (Å²) in [5, 5.41) is 1.65. The van der Waals surface area contributed by atoms with E-state index in [1.165, 1.54) is 29.3 Å². The van der Waals surface area contributed by atoms with Crippen molar-refractivity contribution in [3.8, 4) is 11.1 Å². The average molecular weight is 268 g/mol. The zero-order valence-electron chi connectivity index (χ0n) is 12.3. The molecule has 0 unspecified atom stereocenters. The van der Waals surface area contributed by atoms with Gasteiger partial charge < -0.3 is 0 Å². The summed E-state index contributed by atoms with van der Waals surface area (Å²) in [6.07, 6.45) is 0. The summed E-state index contributed by atoms with van der Waals surface area (Å²) in [6, 6.07) is 23.9. The Balaban J connectivity index is 2.59. The molecular weight excluding hydrogens is 244 g/mol. The van der Waals surface area contributed by atoms with E-state index in [1.54, 1.807) is 5.19 Å². The Morgan fingerprint density at radius 2 is 1.21 bits per heavy atom. The largest absolute Gasteiger partial charge is 0.0867 e. The lowest BCUT2D eigenvalue weighted by atomic mass is 10.1. The minimum atomic E-state index is -1.32. The summed E-state index contributed by atoms with van der Waals surface area (Å²) in [6.45, 7) is 7.13. The molecule has 100 valence electrons. The molecule has 0 radical (unpaired) electrons. The highest BCUT2D eigenvalue weighted by atomic mass is 28.3. The molecule has 2 aromatic carbocycles. The summed E-state index contributed by atoms with van der Waals surface area (Å²) in [7, 11) is -1.32. The lowest BCUT2D eigenvalue weighted by molar-refractivity contribution is 1.19. The third-order valence-electron chi connectivity index (χ3n) is 4.61. The van der Waals surface area contributed by atoms with Gasteiger partial charge in [-0.1, -0.05) is 98.7 Å². The van der Waals surface area contributed by atoms with Crippen LogP contribution in [0.15, 0.2) is 54.6 Å². The van der Waals surface area contributed by atoms with Crippen LogP contribution in [0.4, 0.5) is 0 Å². The number of hydrogen-bond donors (Lipinski definition) is 0. The molecule has 0 fully saturated rings. The second-order valence-electron chi connectivity index (χ2n) is 5.25. The highest BCUT2D eigenvalue weighted by Gasteiger charge is 2.31. The summed E-state index contributed by atoms with van der Waals surface area (Å²) in [5.74, 6) is 0. The topological polar surface area (TPSA) is 0 Å². The average Bonchev–Trinajstić information content (AvgIpc) is 2.51. The SMILES string of the molecule is CC[Si](CC)(CC)c1ccccc1-c1ccccc1. The predicted molar refractivity (Wildman–Crippen MR) is 88.7 cm³/mol. The quantitative estimate of drug-likeness (QED) is 0.664. The number of rotatable bonds is 5. The van der Waals surface area contributed by atoms with Crippen LogP contribution in [0, 0.1) is 0 Å². The lowest BCUT2D eigenvalue weighted by Crippen LogP contribution is -2.46. The highest BCUT2D eigenvalue weighted by Crippen LogP contribution is 2.26. The van der Waals surface area contributed by atoms with Gasteiger partial charge in [-0.15, -0.1) is 0 Å². The molecule has 0 saturated heterocycles. The van der Waals surface area contributed by atoms with E-state index >= 15 is 0 Å². The van der Waals surface area contributed by atoms with Crippen LogP contribution >= 0.6 is 0 Å². The molecule has 0 heterocycles. The van der Waals surface area contributed by atoms with Crippen molar-refractivity contribution in [1.82, 2.24) is 0 Å². The minimum Gasteiger partial charge on any atom is -0.0675 e. The Labute approximate surface area is 118 Å². The van der Waals surface area contributed by atoms with Crippen molar-refractivity contribution in [2.75, 3.05) is 0 Å². The lowest BCUT2D eigenvalue weighted by Gasteiger charge is -2.31. The molecular formula is C18H24Si. The fourth-order valence-corrected chi connectivity index (χ4v) is 7.03. The first-order valence-corrected chi connectivity index (χ1v) is 10.0. The molecule has 0 amide bonds. The molecule has 0 N–H and O–H groups in total. The monoisotopic (exact) mass is 268 g/mol. The first kappa shape index (κ1) is 14.1. The van der Waals surface area contributed by atoms with Crippen molar-refractivity contribution in [3.63, 3.8) is 0 Å². The first-order chi connectivity index (χ1) is 9.27. The van der Waals surface area contributed by atoms with Gasteiger partial charge in [0.15, 0.2) is 0 Å². The van der Waals surface area contributed by atoms with Crippen molar-refractivity contribution >= 4 is 13.3 Å². The maximum absolute atomic E-state index is 2.38. The summed E-state index contributed by atoms with van der Waals surface area (Å²) in [4.78, 5) is 0. The van der Waals surface area contributed by atoms with Gasteiger partial charge >= 0.3 is 0 Å². The second kappa shape index (κ2) is 6.20. The van der Waals surface area contributed by atoms with Crippen LogP contribution in [0.5, 0.6) is 0 Å². The Morgan fingerprint density at radius 3 is 1.79 bits per heavy atom. The Bertz CT molecular complexity index is 504. The molecule has 19 heavy (non-hydrogen) atoms. The maximum atomic E-state index is 2.38. The Hall–Kier alpha value is -1.34. The molecule has 2 rings (SSSR count). The van der Waals surface area contributed by atoms with Crippen LogP contribution < -0.4 is 5.19 Å². The normalized spacial score (nSPS) is 11.5. The van der Waals surface area contributed by atoms with E-state index < -0.39 is 8.07 Å². The number of benzene rings is 2. The van der Waals surface area contributed by atoms with E-state index in [0.29, 0.717) is 0 Å². The first-order valence-electron chi connectivity index (χ1n) is 7.42. The molecule has 0 nitrogen and oxygen atoms in total. The molecule has 1 heteroatoms. The maximum Gasteiger partial charge on any atom is 0.0867 e. The van der Waals surface area contributed by atoms with E-state index in [1.807, 2.05) is 0 Å². The van der Waals surface area contributed by atoms with E-state index in [9.17, 15) is 0 Å². The van der Waals surface area contributed by atoms with Gasteiger partial charge in [0.1, 0.15) is 0 Å². The summed E-state index contributed by atoms with van der Waals surface area (Å²) in [5.41, 5.74) is 2.82. The molecule has 0 aliphatic rings. The van der Waals surface area contributed by atoms with Crippen LogP contribution in [-0.4, -0.2) is 8.07 Å². The second-order valence-corrected chi connectivity index (χ2v) is 10.5. The predicted octanol–water partition coefficient (Wildman–Crippen LogP) is 5.07. The van der Waals surface area contributed by atoms with Crippen molar-refractivity contribution in [1.29, 1.82) is 0 Å². The zero-order valence-corrected chi connectivity index (χ0v) is 13.3. The molecule has 0 saturated carbocycles. The minimum absolute atomic E-state index is 1.32. The molecule has 0 aromatic heterocycles. The van der Waals surface area contributed by atoms with Gasteiger partial charge in [-0.05, 0) is 11.1 Å². The van der Waals surface area contributed by atoms with Gasteiger partial charge in [-0.3, -0.25) is 0 Å². The molecule has 0 aliphatic heterocycles. The van der Waals surface area contributed by atoms with Crippen LogP contribution in [0.25, 0.3) is 11.1 Å². The molecule has 0 aliphatic carbocycles. The smallest absolute Gasteiger partial charge is 0.0675 e. The summed E-state index contributed by atoms with van der Waals surface area (Å²) >= 11 is 0. The van der Waals surface area contributed by atoms with Gasteiger partial charge in [0.05, 0.1) is 8.07 Å². The fourth-order valence-electron chi connectivity index (χ4n) is 3.14. The van der Waals surface area contributed by atoms with Crippen molar-refractivity contribution in [2.45, 2.75) is 38.9 Å².